The zero-order chi connectivity index (χ0) is 21.2. The standard InChI is InChI=1S/C19H15BrF3N3O3/c20-11-6-7-12-13(10-11)17(28)26(16(12)27)9-3-8-24-18(29)25-15-5-2-1-4-14(15)19(21,22)23/h1-2,4-7,10H,3,8-9H2,(H2,24,25,29). The Bertz CT molecular complexity index is 979. The first-order chi connectivity index (χ1) is 13.7. The number of nitrogens with zero attached hydrogens (tertiary/aromatic N) is 1. The van der Waals surface area contributed by atoms with E-state index in [1.54, 1.807) is 18.2 Å². The molecule has 0 atom stereocenters. The number of benzene rings is 2. The van der Waals surface area contributed by atoms with Crippen LogP contribution in [0.2, 0.25) is 0 Å². The van der Waals surface area contributed by atoms with Crippen molar-refractivity contribution >= 4 is 39.5 Å². The van der Waals surface area contributed by atoms with Gasteiger partial charge in [0.05, 0.1) is 22.4 Å². The number of alkyl halides is 3. The van der Waals surface area contributed by atoms with E-state index in [4.69, 9.17) is 0 Å². The summed E-state index contributed by atoms with van der Waals surface area (Å²) in [7, 11) is 0. The Morgan fingerprint density at radius 3 is 2.45 bits per heavy atom. The number of hydrogen-bond acceptors (Lipinski definition) is 3. The summed E-state index contributed by atoms with van der Waals surface area (Å²) >= 11 is 3.25. The van der Waals surface area contributed by atoms with Gasteiger partial charge < -0.3 is 10.6 Å². The summed E-state index contributed by atoms with van der Waals surface area (Å²) in [5.74, 6) is -0.837. The normalized spacial score (nSPS) is 13.4. The van der Waals surface area contributed by atoms with Crippen LogP contribution in [-0.2, 0) is 6.18 Å². The number of anilines is 1. The smallest absolute Gasteiger partial charge is 0.338 e. The number of rotatable bonds is 5. The first-order valence-corrected chi connectivity index (χ1v) is 9.34. The lowest BCUT2D eigenvalue weighted by molar-refractivity contribution is -0.136. The van der Waals surface area contributed by atoms with Crippen LogP contribution in [0.25, 0.3) is 0 Å². The molecule has 29 heavy (non-hydrogen) atoms. The van der Waals surface area contributed by atoms with E-state index in [-0.39, 0.29) is 25.2 Å². The van der Waals surface area contributed by atoms with Crippen LogP contribution in [0.3, 0.4) is 0 Å². The SMILES string of the molecule is O=C(NCCCN1C(=O)c2ccc(Br)cc2C1=O)Nc1ccccc1C(F)(F)F. The van der Waals surface area contributed by atoms with Gasteiger partial charge in [-0.2, -0.15) is 13.2 Å². The van der Waals surface area contributed by atoms with E-state index in [0.717, 1.165) is 17.0 Å². The number of urea groups is 1. The highest BCUT2D eigenvalue weighted by molar-refractivity contribution is 9.10. The van der Waals surface area contributed by atoms with E-state index in [1.165, 1.54) is 12.1 Å². The molecule has 0 radical (unpaired) electrons. The van der Waals surface area contributed by atoms with Gasteiger partial charge in [0, 0.05) is 17.6 Å². The molecule has 2 N–H and O–H groups in total. The van der Waals surface area contributed by atoms with Gasteiger partial charge in [0.15, 0.2) is 0 Å². The van der Waals surface area contributed by atoms with Crippen LogP contribution in [0.4, 0.5) is 23.7 Å². The van der Waals surface area contributed by atoms with Crippen LogP contribution in [0.5, 0.6) is 0 Å². The zero-order valence-electron chi connectivity index (χ0n) is 14.8. The second-order valence-corrected chi connectivity index (χ2v) is 7.15. The summed E-state index contributed by atoms with van der Waals surface area (Å²) in [4.78, 5) is 37.6. The van der Waals surface area contributed by atoms with Crippen molar-refractivity contribution in [1.82, 2.24) is 10.2 Å². The van der Waals surface area contributed by atoms with Crippen LogP contribution < -0.4 is 10.6 Å². The topological polar surface area (TPSA) is 78.5 Å². The first kappa shape index (κ1) is 20.8. The Balaban J connectivity index is 1.51. The van der Waals surface area contributed by atoms with E-state index < -0.39 is 29.6 Å². The molecular formula is C19H15BrF3N3O3. The minimum Gasteiger partial charge on any atom is -0.338 e. The average Bonchev–Trinajstić information content (AvgIpc) is 2.88. The molecule has 0 saturated heterocycles. The van der Waals surface area contributed by atoms with E-state index in [1.807, 2.05) is 0 Å². The molecule has 0 saturated carbocycles. The van der Waals surface area contributed by atoms with Crippen LogP contribution in [0.15, 0.2) is 46.9 Å². The molecule has 0 spiro atoms. The molecule has 1 heterocycles. The monoisotopic (exact) mass is 469 g/mol. The lowest BCUT2D eigenvalue weighted by Gasteiger charge is -2.15. The Morgan fingerprint density at radius 2 is 1.72 bits per heavy atom. The molecule has 4 amide bonds. The second-order valence-electron chi connectivity index (χ2n) is 6.23. The number of hydrogen-bond donors (Lipinski definition) is 2. The van der Waals surface area contributed by atoms with Gasteiger partial charge in [-0.1, -0.05) is 28.1 Å². The maximum Gasteiger partial charge on any atom is 0.418 e. The maximum absolute atomic E-state index is 12.9. The third-order valence-corrected chi connectivity index (χ3v) is 4.75. The Kier molecular flexibility index (Phi) is 5.92. The number of para-hydroxylation sites is 1. The number of carbonyl (C=O) groups is 3. The molecule has 10 heteroatoms. The summed E-state index contributed by atoms with van der Waals surface area (Å²) < 4.78 is 39.5. The molecule has 0 bridgehead atoms. The molecule has 0 aromatic heterocycles. The number of amides is 4. The highest BCUT2D eigenvalue weighted by Crippen LogP contribution is 2.34. The fourth-order valence-corrected chi connectivity index (χ4v) is 3.27. The van der Waals surface area contributed by atoms with Crippen molar-refractivity contribution in [3.63, 3.8) is 0 Å². The molecule has 2 aromatic carbocycles. The van der Waals surface area contributed by atoms with E-state index in [0.29, 0.717) is 15.6 Å². The van der Waals surface area contributed by atoms with Crippen molar-refractivity contribution in [3.8, 4) is 0 Å². The van der Waals surface area contributed by atoms with Crippen LogP contribution >= 0.6 is 15.9 Å². The maximum atomic E-state index is 12.9. The molecule has 1 aliphatic rings. The van der Waals surface area contributed by atoms with E-state index in [9.17, 15) is 27.6 Å². The number of imide groups is 1. The number of halogens is 4. The van der Waals surface area contributed by atoms with Crippen molar-refractivity contribution in [2.24, 2.45) is 0 Å². The summed E-state index contributed by atoms with van der Waals surface area (Å²) in [6.07, 6.45) is -4.34. The number of nitrogens with one attached hydrogen (secondary N) is 2. The van der Waals surface area contributed by atoms with Gasteiger partial charge in [0.1, 0.15) is 0 Å². The Hall–Kier alpha value is -2.88. The fraction of sp³-hybridized carbons (Fsp3) is 0.211. The summed E-state index contributed by atoms with van der Waals surface area (Å²) in [5, 5.41) is 4.58. The van der Waals surface area contributed by atoms with Crippen LogP contribution in [0.1, 0.15) is 32.7 Å². The van der Waals surface area contributed by atoms with Crippen molar-refractivity contribution in [1.29, 1.82) is 0 Å². The van der Waals surface area contributed by atoms with Crippen molar-refractivity contribution in [3.05, 3.63) is 63.6 Å². The van der Waals surface area contributed by atoms with Gasteiger partial charge in [0.2, 0.25) is 0 Å². The van der Waals surface area contributed by atoms with Crippen LogP contribution in [0, 0.1) is 0 Å². The van der Waals surface area contributed by atoms with E-state index in [2.05, 4.69) is 26.6 Å². The molecule has 0 aliphatic carbocycles. The third kappa shape index (κ3) is 4.58. The molecule has 3 rings (SSSR count). The zero-order valence-corrected chi connectivity index (χ0v) is 16.4. The molecule has 0 unspecified atom stereocenters. The van der Waals surface area contributed by atoms with Gasteiger partial charge >= 0.3 is 12.2 Å². The highest BCUT2D eigenvalue weighted by Gasteiger charge is 2.35. The van der Waals surface area contributed by atoms with Crippen molar-refractivity contribution < 1.29 is 27.6 Å². The molecule has 2 aromatic rings. The molecular weight excluding hydrogens is 455 g/mol. The summed E-state index contributed by atoms with van der Waals surface area (Å²) in [6.45, 7) is 0.139. The first-order valence-electron chi connectivity index (χ1n) is 8.55. The van der Waals surface area contributed by atoms with Gasteiger partial charge in [0.25, 0.3) is 11.8 Å². The molecule has 1 aliphatic heterocycles. The number of carbonyl (C=O) groups excluding carboxylic acids is 3. The van der Waals surface area contributed by atoms with Crippen LogP contribution in [-0.4, -0.2) is 35.8 Å². The van der Waals surface area contributed by atoms with E-state index >= 15 is 0 Å². The molecule has 0 fully saturated rings. The summed E-state index contributed by atoms with van der Waals surface area (Å²) in [5.41, 5.74) is -0.692. The average molecular weight is 470 g/mol. The quantitative estimate of drug-likeness (QED) is 0.506. The van der Waals surface area contributed by atoms with Gasteiger partial charge in [-0.25, -0.2) is 4.79 Å². The predicted molar refractivity (Wildman–Crippen MR) is 103 cm³/mol. The fourth-order valence-electron chi connectivity index (χ4n) is 2.91. The van der Waals surface area contributed by atoms with Gasteiger partial charge in [-0.3, -0.25) is 14.5 Å². The third-order valence-electron chi connectivity index (χ3n) is 4.26. The Labute approximate surface area is 172 Å². The van der Waals surface area contributed by atoms with Crippen molar-refractivity contribution in [2.75, 3.05) is 18.4 Å². The number of fused-ring (bicyclic) bond motifs is 1. The lowest BCUT2D eigenvalue weighted by atomic mass is 10.1. The van der Waals surface area contributed by atoms with Gasteiger partial charge in [-0.05, 0) is 36.8 Å². The molecule has 152 valence electrons. The van der Waals surface area contributed by atoms with Crippen molar-refractivity contribution in [2.45, 2.75) is 12.6 Å². The summed E-state index contributed by atoms with van der Waals surface area (Å²) in [6, 6.07) is 8.61. The van der Waals surface area contributed by atoms with Gasteiger partial charge in [-0.15, -0.1) is 0 Å². The predicted octanol–water partition coefficient (Wildman–Crippen LogP) is 4.28. The minimum absolute atomic E-state index is 0.0666. The highest BCUT2D eigenvalue weighted by atomic mass is 79.9. The largest absolute Gasteiger partial charge is 0.418 e. The molecule has 6 nitrogen and oxygen atoms in total. The minimum atomic E-state index is -4.59. The lowest BCUT2D eigenvalue weighted by Crippen LogP contribution is -2.35. The second kappa shape index (κ2) is 8.24. The Morgan fingerprint density at radius 1 is 1.03 bits per heavy atom.